The van der Waals surface area contributed by atoms with Gasteiger partial charge in [0.15, 0.2) is 5.43 Å². The first-order chi connectivity index (χ1) is 8.58. The van der Waals surface area contributed by atoms with Gasteiger partial charge in [-0.15, -0.1) is 0 Å². The second kappa shape index (κ2) is 5.01. The Kier molecular flexibility index (Phi) is 3.43. The van der Waals surface area contributed by atoms with Crippen molar-refractivity contribution in [1.82, 2.24) is 4.98 Å². The lowest BCUT2D eigenvalue weighted by Gasteiger charge is -2.05. The van der Waals surface area contributed by atoms with E-state index in [-0.39, 0.29) is 16.3 Å². The van der Waals surface area contributed by atoms with Crippen LogP contribution in [0.1, 0.15) is 10.4 Å². The van der Waals surface area contributed by atoms with E-state index >= 15 is 0 Å². The molecule has 2 rings (SSSR count). The monoisotopic (exact) mass is 266 g/mol. The van der Waals surface area contributed by atoms with Gasteiger partial charge < -0.3 is 10.3 Å². The maximum Gasteiger partial charge on any atom is 0.261 e. The Balaban J connectivity index is 2.27. The van der Waals surface area contributed by atoms with E-state index in [1.165, 1.54) is 30.6 Å². The van der Waals surface area contributed by atoms with Gasteiger partial charge in [-0.1, -0.05) is 11.6 Å². The highest BCUT2D eigenvalue weighted by molar-refractivity contribution is 6.30. The van der Waals surface area contributed by atoms with Crippen LogP contribution in [-0.4, -0.2) is 10.9 Å². The summed E-state index contributed by atoms with van der Waals surface area (Å²) < 4.78 is 13.4. The van der Waals surface area contributed by atoms with Gasteiger partial charge in [0.2, 0.25) is 0 Å². The lowest BCUT2D eigenvalue weighted by atomic mass is 10.2. The number of benzene rings is 1. The van der Waals surface area contributed by atoms with E-state index in [1.54, 1.807) is 0 Å². The summed E-state index contributed by atoms with van der Waals surface area (Å²) in [4.78, 5) is 25.8. The maximum atomic E-state index is 13.4. The van der Waals surface area contributed by atoms with Crippen LogP contribution in [0.25, 0.3) is 0 Å². The fraction of sp³-hybridized carbons (Fsp3) is 0. The van der Waals surface area contributed by atoms with Crippen molar-refractivity contribution in [3.8, 4) is 0 Å². The van der Waals surface area contributed by atoms with Crippen molar-refractivity contribution >= 4 is 23.2 Å². The number of aromatic nitrogens is 1. The summed E-state index contributed by atoms with van der Waals surface area (Å²) >= 11 is 5.59. The van der Waals surface area contributed by atoms with Gasteiger partial charge in [0.1, 0.15) is 11.4 Å². The third-order valence-corrected chi connectivity index (χ3v) is 2.48. The number of rotatable bonds is 2. The van der Waals surface area contributed by atoms with Gasteiger partial charge >= 0.3 is 0 Å². The van der Waals surface area contributed by atoms with Crippen molar-refractivity contribution in [3.63, 3.8) is 0 Å². The Morgan fingerprint density at radius 3 is 2.78 bits per heavy atom. The minimum atomic E-state index is -0.682. The van der Waals surface area contributed by atoms with Crippen LogP contribution in [0.3, 0.4) is 0 Å². The molecule has 92 valence electrons. The second-order valence-electron chi connectivity index (χ2n) is 3.50. The third kappa shape index (κ3) is 2.57. The van der Waals surface area contributed by atoms with Gasteiger partial charge in [-0.3, -0.25) is 9.59 Å². The first kappa shape index (κ1) is 12.3. The van der Waals surface area contributed by atoms with Crippen LogP contribution in [-0.2, 0) is 0 Å². The zero-order valence-electron chi connectivity index (χ0n) is 9.04. The Hall–Kier alpha value is -2.14. The standard InChI is InChI=1S/C12H8ClFN2O2/c13-7-1-2-10(9(14)5-7)16-12(18)8-6-15-4-3-11(8)17/h1-6H,(H,15,17)(H,16,18). The molecule has 0 unspecified atom stereocenters. The molecule has 0 fully saturated rings. The number of hydrogen-bond acceptors (Lipinski definition) is 2. The van der Waals surface area contributed by atoms with Gasteiger partial charge in [0.25, 0.3) is 5.91 Å². The summed E-state index contributed by atoms with van der Waals surface area (Å²) in [5.41, 5.74) is -0.569. The molecule has 1 heterocycles. The summed E-state index contributed by atoms with van der Waals surface area (Å²) in [6, 6.07) is 5.06. The molecule has 2 N–H and O–H groups in total. The Morgan fingerprint density at radius 1 is 1.33 bits per heavy atom. The number of amides is 1. The summed E-state index contributed by atoms with van der Waals surface area (Å²) in [7, 11) is 0. The molecule has 0 aliphatic rings. The number of hydrogen-bond donors (Lipinski definition) is 2. The molecule has 18 heavy (non-hydrogen) atoms. The predicted octanol–water partition coefficient (Wildman–Crippen LogP) is 2.42. The van der Waals surface area contributed by atoms with Crippen molar-refractivity contribution in [3.05, 3.63) is 63.3 Å². The molecule has 0 bridgehead atoms. The van der Waals surface area contributed by atoms with Crippen LogP contribution >= 0.6 is 11.6 Å². The molecule has 0 spiro atoms. The van der Waals surface area contributed by atoms with E-state index in [1.807, 2.05) is 0 Å². The van der Waals surface area contributed by atoms with Crippen molar-refractivity contribution < 1.29 is 9.18 Å². The fourth-order valence-corrected chi connectivity index (χ4v) is 1.53. The molecule has 0 atom stereocenters. The first-order valence-corrected chi connectivity index (χ1v) is 5.39. The van der Waals surface area contributed by atoms with E-state index in [9.17, 15) is 14.0 Å². The van der Waals surface area contributed by atoms with E-state index in [0.29, 0.717) is 0 Å². The molecule has 0 saturated heterocycles. The zero-order chi connectivity index (χ0) is 13.1. The van der Waals surface area contributed by atoms with Crippen molar-refractivity contribution in [1.29, 1.82) is 0 Å². The molecule has 0 aliphatic heterocycles. The number of nitrogens with one attached hydrogen (secondary N) is 2. The topological polar surface area (TPSA) is 62.0 Å². The number of H-pyrrole nitrogens is 1. The number of carbonyl (C=O) groups is 1. The molecule has 0 aliphatic carbocycles. The molecule has 6 heteroatoms. The van der Waals surface area contributed by atoms with Crippen molar-refractivity contribution in [2.45, 2.75) is 0 Å². The Morgan fingerprint density at radius 2 is 2.11 bits per heavy atom. The highest BCUT2D eigenvalue weighted by Crippen LogP contribution is 2.19. The molecule has 1 aromatic heterocycles. The summed E-state index contributed by atoms with van der Waals surface area (Å²) in [6.45, 7) is 0. The van der Waals surface area contributed by atoms with Crippen LogP contribution in [0.15, 0.2) is 41.5 Å². The van der Waals surface area contributed by atoms with Gasteiger partial charge in [-0.25, -0.2) is 4.39 Å². The maximum absolute atomic E-state index is 13.4. The van der Waals surface area contributed by atoms with Crippen LogP contribution < -0.4 is 10.7 Å². The molecular formula is C12H8ClFN2O2. The average molecular weight is 267 g/mol. The molecule has 1 aromatic carbocycles. The summed E-state index contributed by atoms with van der Waals surface area (Å²) in [5.74, 6) is -1.35. The van der Waals surface area contributed by atoms with Gasteiger partial charge in [-0.2, -0.15) is 0 Å². The Bertz CT molecular complexity index is 655. The minimum Gasteiger partial charge on any atom is -0.367 e. The van der Waals surface area contributed by atoms with E-state index in [4.69, 9.17) is 11.6 Å². The zero-order valence-corrected chi connectivity index (χ0v) is 9.79. The first-order valence-electron chi connectivity index (χ1n) is 5.01. The number of pyridine rings is 1. The smallest absolute Gasteiger partial charge is 0.261 e. The van der Waals surface area contributed by atoms with E-state index < -0.39 is 17.2 Å². The number of aromatic amines is 1. The second-order valence-corrected chi connectivity index (χ2v) is 3.94. The summed E-state index contributed by atoms with van der Waals surface area (Å²) in [6.07, 6.45) is 2.66. The highest BCUT2D eigenvalue weighted by Gasteiger charge is 2.12. The van der Waals surface area contributed by atoms with Crippen LogP contribution in [0.4, 0.5) is 10.1 Å². The van der Waals surface area contributed by atoms with Crippen LogP contribution in [0.2, 0.25) is 5.02 Å². The van der Waals surface area contributed by atoms with E-state index in [2.05, 4.69) is 10.3 Å². The molecule has 1 amide bonds. The molecule has 2 aromatic rings. The average Bonchev–Trinajstić information content (AvgIpc) is 2.33. The molecule has 0 radical (unpaired) electrons. The number of halogens is 2. The lowest BCUT2D eigenvalue weighted by Crippen LogP contribution is -2.21. The molecule has 0 saturated carbocycles. The predicted molar refractivity (Wildman–Crippen MR) is 66.4 cm³/mol. The minimum absolute atomic E-state index is 0.0346. The third-order valence-electron chi connectivity index (χ3n) is 2.25. The SMILES string of the molecule is O=C(Nc1ccc(Cl)cc1F)c1c[nH]ccc1=O. The molecule has 4 nitrogen and oxygen atoms in total. The van der Waals surface area contributed by atoms with Crippen molar-refractivity contribution in [2.75, 3.05) is 5.32 Å². The quantitative estimate of drug-likeness (QED) is 0.877. The van der Waals surface area contributed by atoms with Crippen LogP contribution in [0.5, 0.6) is 0 Å². The van der Waals surface area contributed by atoms with Gasteiger partial charge in [-0.05, 0) is 18.2 Å². The van der Waals surface area contributed by atoms with Crippen molar-refractivity contribution in [2.24, 2.45) is 0 Å². The van der Waals surface area contributed by atoms with Gasteiger partial charge in [0, 0.05) is 23.5 Å². The Labute approximate surface area is 106 Å². The van der Waals surface area contributed by atoms with E-state index in [0.717, 1.165) is 6.07 Å². The molecular weight excluding hydrogens is 259 g/mol. The lowest BCUT2D eigenvalue weighted by molar-refractivity contribution is 0.102. The number of anilines is 1. The van der Waals surface area contributed by atoms with Crippen LogP contribution in [0, 0.1) is 5.82 Å². The fourth-order valence-electron chi connectivity index (χ4n) is 1.37. The highest BCUT2D eigenvalue weighted by atomic mass is 35.5. The van der Waals surface area contributed by atoms with Gasteiger partial charge in [0.05, 0.1) is 5.69 Å². The number of carbonyl (C=O) groups excluding carboxylic acids is 1. The normalized spacial score (nSPS) is 10.1. The largest absolute Gasteiger partial charge is 0.367 e. The summed E-state index contributed by atoms with van der Waals surface area (Å²) in [5, 5.41) is 2.53.